The van der Waals surface area contributed by atoms with E-state index in [1.807, 2.05) is 30.3 Å². The van der Waals surface area contributed by atoms with Crippen molar-refractivity contribution in [2.45, 2.75) is 19.4 Å². The molecule has 5 nitrogen and oxygen atoms in total. The standard InChI is InChI=1S/C21H24FN3O2/c22-19-8-6-17(7-9-19)14-25-15-18(12-20(25)26)13-24-21(27)23-11-10-16-4-2-1-3-5-16/h1-9,18H,10-15H2,(H2,23,24,27)/t18-/m0/s1. The fourth-order valence-electron chi connectivity index (χ4n) is 3.22. The molecule has 0 spiro atoms. The van der Waals surface area contributed by atoms with Gasteiger partial charge in [0, 0.05) is 38.5 Å². The highest BCUT2D eigenvalue weighted by molar-refractivity contribution is 5.79. The Labute approximate surface area is 158 Å². The maximum atomic E-state index is 13.0. The lowest BCUT2D eigenvalue weighted by molar-refractivity contribution is -0.128. The summed E-state index contributed by atoms with van der Waals surface area (Å²) >= 11 is 0. The van der Waals surface area contributed by atoms with Crippen molar-refractivity contribution in [1.82, 2.24) is 15.5 Å². The second-order valence-corrected chi connectivity index (χ2v) is 6.84. The largest absolute Gasteiger partial charge is 0.338 e. The number of benzene rings is 2. The van der Waals surface area contributed by atoms with E-state index in [0.29, 0.717) is 32.6 Å². The van der Waals surface area contributed by atoms with Gasteiger partial charge in [0.15, 0.2) is 0 Å². The van der Waals surface area contributed by atoms with Gasteiger partial charge in [0.1, 0.15) is 5.82 Å². The van der Waals surface area contributed by atoms with E-state index in [-0.39, 0.29) is 23.7 Å². The van der Waals surface area contributed by atoms with Crippen molar-refractivity contribution in [3.63, 3.8) is 0 Å². The summed E-state index contributed by atoms with van der Waals surface area (Å²) in [5.41, 5.74) is 2.08. The molecule has 6 heteroatoms. The van der Waals surface area contributed by atoms with Gasteiger partial charge in [-0.3, -0.25) is 4.79 Å². The summed E-state index contributed by atoms with van der Waals surface area (Å²) in [5.74, 6) is -0.125. The predicted molar refractivity (Wildman–Crippen MR) is 101 cm³/mol. The number of nitrogens with zero attached hydrogens (tertiary/aromatic N) is 1. The van der Waals surface area contributed by atoms with Crippen LogP contribution >= 0.6 is 0 Å². The SMILES string of the molecule is O=C(NCCc1ccccc1)NC[C@@H]1CC(=O)N(Cc2ccc(F)cc2)C1. The molecule has 1 aliphatic heterocycles. The van der Waals surface area contributed by atoms with E-state index in [1.165, 1.54) is 17.7 Å². The van der Waals surface area contributed by atoms with Crippen molar-refractivity contribution in [2.75, 3.05) is 19.6 Å². The van der Waals surface area contributed by atoms with E-state index in [1.54, 1.807) is 17.0 Å². The Kier molecular flexibility index (Phi) is 6.41. The molecule has 27 heavy (non-hydrogen) atoms. The summed E-state index contributed by atoms with van der Waals surface area (Å²) < 4.78 is 13.0. The van der Waals surface area contributed by atoms with Gasteiger partial charge < -0.3 is 15.5 Å². The zero-order valence-corrected chi connectivity index (χ0v) is 15.2. The minimum atomic E-state index is -0.285. The van der Waals surface area contributed by atoms with E-state index in [4.69, 9.17) is 0 Å². The summed E-state index contributed by atoms with van der Waals surface area (Å²) in [6.07, 6.45) is 1.20. The molecule has 0 radical (unpaired) electrons. The van der Waals surface area contributed by atoms with Crippen molar-refractivity contribution >= 4 is 11.9 Å². The number of rotatable bonds is 7. The number of likely N-dealkylation sites (tertiary alicyclic amines) is 1. The summed E-state index contributed by atoms with van der Waals surface area (Å²) in [7, 11) is 0. The molecular formula is C21H24FN3O2. The Hall–Kier alpha value is -2.89. The molecule has 1 saturated heterocycles. The number of carbonyl (C=O) groups is 2. The molecule has 0 aliphatic carbocycles. The molecule has 0 aromatic heterocycles. The lowest BCUT2D eigenvalue weighted by Gasteiger charge is -2.17. The van der Waals surface area contributed by atoms with Crippen molar-refractivity contribution in [3.05, 3.63) is 71.5 Å². The van der Waals surface area contributed by atoms with E-state index in [9.17, 15) is 14.0 Å². The Bertz CT molecular complexity index is 765. The third kappa shape index (κ3) is 5.81. The summed E-state index contributed by atoms with van der Waals surface area (Å²) in [4.78, 5) is 25.8. The minimum absolute atomic E-state index is 0.0654. The van der Waals surface area contributed by atoms with Crippen molar-refractivity contribution < 1.29 is 14.0 Å². The number of halogens is 1. The third-order valence-electron chi connectivity index (χ3n) is 4.67. The topological polar surface area (TPSA) is 61.4 Å². The molecule has 2 N–H and O–H groups in total. The Balaban J connectivity index is 1.36. The summed E-state index contributed by atoms with van der Waals surface area (Å²) in [5, 5.41) is 5.68. The number of hydrogen-bond donors (Lipinski definition) is 2. The second kappa shape index (κ2) is 9.16. The van der Waals surface area contributed by atoms with E-state index in [2.05, 4.69) is 10.6 Å². The molecular weight excluding hydrogens is 345 g/mol. The van der Waals surface area contributed by atoms with Gasteiger partial charge in [0.25, 0.3) is 0 Å². The fourth-order valence-corrected chi connectivity index (χ4v) is 3.22. The first-order valence-corrected chi connectivity index (χ1v) is 9.18. The number of nitrogens with one attached hydrogen (secondary N) is 2. The van der Waals surface area contributed by atoms with Crippen LogP contribution in [0.5, 0.6) is 0 Å². The smallest absolute Gasteiger partial charge is 0.314 e. The first kappa shape index (κ1) is 18.9. The molecule has 1 atom stereocenters. The Morgan fingerprint density at radius 3 is 2.52 bits per heavy atom. The predicted octanol–water partition coefficient (Wildman–Crippen LogP) is 2.72. The van der Waals surface area contributed by atoms with Crippen LogP contribution in [-0.2, 0) is 17.8 Å². The zero-order valence-electron chi connectivity index (χ0n) is 15.2. The monoisotopic (exact) mass is 369 g/mol. The first-order valence-electron chi connectivity index (χ1n) is 9.18. The van der Waals surface area contributed by atoms with Crippen LogP contribution < -0.4 is 10.6 Å². The van der Waals surface area contributed by atoms with E-state index >= 15 is 0 Å². The third-order valence-corrected chi connectivity index (χ3v) is 4.67. The van der Waals surface area contributed by atoms with Gasteiger partial charge in [-0.15, -0.1) is 0 Å². The van der Waals surface area contributed by atoms with Crippen LogP contribution in [-0.4, -0.2) is 36.5 Å². The molecule has 0 unspecified atom stereocenters. The quantitative estimate of drug-likeness (QED) is 0.788. The van der Waals surface area contributed by atoms with Crippen LogP contribution in [0.2, 0.25) is 0 Å². The number of carbonyl (C=O) groups excluding carboxylic acids is 2. The van der Waals surface area contributed by atoms with Crippen LogP contribution in [0.15, 0.2) is 54.6 Å². The average molecular weight is 369 g/mol. The molecule has 2 aromatic carbocycles. The summed E-state index contributed by atoms with van der Waals surface area (Å²) in [6.45, 7) is 2.10. The maximum absolute atomic E-state index is 13.0. The van der Waals surface area contributed by atoms with Crippen molar-refractivity contribution in [2.24, 2.45) is 5.92 Å². The molecule has 3 amide bonds. The molecule has 2 aromatic rings. The van der Waals surface area contributed by atoms with Gasteiger partial charge in [-0.25, -0.2) is 9.18 Å². The number of hydrogen-bond acceptors (Lipinski definition) is 2. The molecule has 0 bridgehead atoms. The second-order valence-electron chi connectivity index (χ2n) is 6.84. The van der Waals surface area contributed by atoms with Gasteiger partial charge >= 0.3 is 6.03 Å². The highest BCUT2D eigenvalue weighted by Gasteiger charge is 2.29. The molecule has 1 aliphatic rings. The lowest BCUT2D eigenvalue weighted by atomic mass is 10.1. The molecule has 3 rings (SSSR count). The van der Waals surface area contributed by atoms with Gasteiger partial charge in [-0.05, 0) is 29.7 Å². The van der Waals surface area contributed by atoms with E-state index < -0.39 is 0 Å². The van der Waals surface area contributed by atoms with Crippen molar-refractivity contribution in [3.8, 4) is 0 Å². The Morgan fingerprint density at radius 2 is 1.78 bits per heavy atom. The van der Waals surface area contributed by atoms with Gasteiger partial charge in [0.2, 0.25) is 5.91 Å². The molecule has 0 saturated carbocycles. The number of urea groups is 1. The zero-order chi connectivity index (χ0) is 19.1. The molecule has 1 fully saturated rings. The average Bonchev–Trinajstić information content (AvgIpc) is 3.02. The van der Waals surface area contributed by atoms with Gasteiger partial charge in [-0.2, -0.15) is 0 Å². The van der Waals surface area contributed by atoms with Crippen LogP contribution in [0.4, 0.5) is 9.18 Å². The normalized spacial score (nSPS) is 16.4. The first-order chi connectivity index (χ1) is 13.1. The van der Waals surface area contributed by atoms with Crippen LogP contribution in [0.1, 0.15) is 17.5 Å². The minimum Gasteiger partial charge on any atom is -0.338 e. The molecule has 1 heterocycles. The Morgan fingerprint density at radius 1 is 1.04 bits per heavy atom. The van der Waals surface area contributed by atoms with Crippen LogP contribution in [0.25, 0.3) is 0 Å². The number of amides is 3. The lowest BCUT2D eigenvalue weighted by Crippen LogP contribution is -2.39. The summed E-state index contributed by atoms with van der Waals surface area (Å²) in [6, 6.07) is 15.9. The maximum Gasteiger partial charge on any atom is 0.314 e. The molecule has 142 valence electrons. The highest BCUT2D eigenvalue weighted by atomic mass is 19.1. The fraction of sp³-hybridized carbons (Fsp3) is 0.333. The van der Waals surface area contributed by atoms with E-state index in [0.717, 1.165) is 12.0 Å². The van der Waals surface area contributed by atoms with Crippen LogP contribution in [0.3, 0.4) is 0 Å². The van der Waals surface area contributed by atoms with Gasteiger partial charge in [0.05, 0.1) is 0 Å². The highest BCUT2D eigenvalue weighted by Crippen LogP contribution is 2.19. The van der Waals surface area contributed by atoms with Crippen LogP contribution in [0, 0.1) is 11.7 Å². The van der Waals surface area contributed by atoms with Crippen molar-refractivity contribution in [1.29, 1.82) is 0 Å². The van der Waals surface area contributed by atoms with Gasteiger partial charge in [-0.1, -0.05) is 42.5 Å².